The predicted molar refractivity (Wildman–Crippen MR) is 289 cm³/mol. The highest BCUT2D eigenvalue weighted by Crippen LogP contribution is 2.43. The first-order valence-electron chi connectivity index (χ1n) is 26.2. The van der Waals surface area contributed by atoms with Crippen LogP contribution in [0.25, 0.3) is 24.3 Å². The van der Waals surface area contributed by atoms with E-state index in [1.807, 2.05) is 0 Å². The van der Waals surface area contributed by atoms with E-state index in [-0.39, 0.29) is 73.0 Å². The van der Waals surface area contributed by atoms with Crippen molar-refractivity contribution >= 4 is 66.1 Å². The van der Waals surface area contributed by atoms with Gasteiger partial charge >= 0.3 is 41.8 Å². The number of rotatable bonds is 14. The lowest BCUT2D eigenvalue weighted by Crippen LogP contribution is -2.51. The summed E-state index contributed by atoms with van der Waals surface area (Å²) < 4.78 is 46.0. The second kappa shape index (κ2) is 25.7. The molecule has 6 fully saturated rings. The summed E-state index contributed by atoms with van der Waals surface area (Å²) in [5, 5.41) is 108. The van der Waals surface area contributed by atoms with Crippen molar-refractivity contribution in [2.45, 2.75) is 110 Å². The molecule has 10 rings (SSSR count). The molecule has 6 bridgehead atoms. The molecular weight excluding hydrogens is 1140 g/mol. The Labute approximate surface area is 486 Å². The lowest BCUT2D eigenvalue weighted by molar-refractivity contribution is -0.178. The van der Waals surface area contributed by atoms with E-state index >= 15 is 0 Å². The summed E-state index contributed by atoms with van der Waals surface area (Å²) in [5.74, 6) is -6.70. The molecular formula is C59H58O27. The van der Waals surface area contributed by atoms with Crippen molar-refractivity contribution in [1.82, 2.24) is 0 Å². The van der Waals surface area contributed by atoms with Gasteiger partial charge < -0.3 is 98.8 Å². The van der Waals surface area contributed by atoms with Gasteiger partial charge in [-0.15, -0.1) is 0 Å². The maximum absolute atomic E-state index is 12.5. The number of phenolic OH excluding ortho intramolecular Hbond substituents is 6. The number of carbonyl (C=O) groups is 7. The minimum Gasteiger partial charge on any atom is -0.504 e. The standard InChI is InChI=1S/C25H22O11.2C17H18O8/c26-15-5-1-13(9-17(15)28)3-7-21(30)34-19-11-25(33)12-20(35-24(25)32)23(19)36-22(31)8-4-14-2-6-16(27)18(29)10-14;1-23-12-4-2-9(6-10(12)18)3-5-14(20)25-15-11(19)7-17(22)8-13(15)24-16(17)21;1-23-11-4-2-9(6-10(11)18)3-5-14(19)24-12-7-17(22)8-13(15(12)20)25-16(17)21/h1-10,19-20,23,26-29,33H,11-12H2;2-6,11,13,15,18-19,22H,7-8H2,1H3;2-6,12-13,15,18,20,22H,7-8H2,1H3/b7-3+,8-4+;2*5-3+. The number of ether oxygens (including phenoxy) is 9. The quantitative estimate of drug-likeness (QED) is 0.0371. The molecule has 456 valence electrons. The summed E-state index contributed by atoms with van der Waals surface area (Å²) in [6.07, 6.45) is -0.841. The van der Waals surface area contributed by atoms with Gasteiger partial charge in [-0.1, -0.05) is 24.3 Å². The number of hydrogen-bond donors (Lipinski definition) is 11. The van der Waals surface area contributed by atoms with Crippen LogP contribution in [0.2, 0.25) is 0 Å². The van der Waals surface area contributed by atoms with Gasteiger partial charge in [-0.05, 0) is 95.1 Å². The molecule has 11 N–H and O–H groups in total. The van der Waals surface area contributed by atoms with E-state index in [1.165, 1.54) is 87.1 Å². The first kappa shape index (κ1) is 62.4. The monoisotopic (exact) mass is 1200 g/mol. The lowest BCUT2D eigenvalue weighted by atomic mass is 9.82. The molecule has 3 heterocycles. The molecule has 12 atom stereocenters. The Bertz CT molecular complexity index is 3400. The summed E-state index contributed by atoms with van der Waals surface area (Å²) in [4.78, 5) is 84.1. The Balaban J connectivity index is 0.000000172. The number of aromatic hydroxyl groups is 6. The van der Waals surface area contributed by atoms with Crippen LogP contribution in [0.1, 0.15) is 60.8 Å². The van der Waals surface area contributed by atoms with Gasteiger partial charge in [0.05, 0.1) is 20.3 Å². The molecule has 12 unspecified atom stereocenters. The average Bonchev–Trinajstić information content (AvgIpc) is 1.86. The van der Waals surface area contributed by atoms with Crippen LogP contribution >= 0.6 is 0 Å². The third kappa shape index (κ3) is 14.4. The van der Waals surface area contributed by atoms with Crippen molar-refractivity contribution in [3.8, 4) is 46.0 Å². The molecule has 86 heavy (non-hydrogen) atoms. The predicted octanol–water partition coefficient (Wildman–Crippen LogP) is 1.78. The zero-order valence-electron chi connectivity index (χ0n) is 45.4. The number of aliphatic hydroxyl groups excluding tert-OH is 2. The van der Waals surface area contributed by atoms with Crippen molar-refractivity contribution < 1.29 is 132 Å². The maximum Gasteiger partial charge on any atom is 0.338 e. The van der Waals surface area contributed by atoms with Gasteiger partial charge in [0.25, 0.3) is 0 Å². The Morgan fingerprint density at radius 3 is 1.19 bits per heavy atom. The molecule has 0 amide bonds. The number of esters is 7. The Morgan fingerprint density at radius 2 is 0.767 bits per heavy atom. The van der Waals surface area contributed by atoms with Crippen LogP contribution in [-0.2, 0) is 66.7 Å². The highest BCUT2D eigenvalue weighted by molar-refractivity contribution is 5.90. The number of hydrogen-bond acceptors (Lipinski definition) is 27. The Hall–Kier alpha value is -9.67. The summed E-state index contributed by atoms with van der Waals surface area (Å²) in [6, 6.07) is 17.0. The summed E-state index contributed by atoms with van der Waals surface area (Å²) in [6.45, 7) is 0. The zero-order valence-corrected chi connectivity index (χ0v) is 45.4. The first-order chi connectivity index (χ1) is 40.7. The average molecular weight is 1200 g/mol. The van der Waals surface area contributed by atoms with E-state index in [0.717, 1.165) is 24.3 Å². The third-order valence-electron chi connectivity index (χ3n) is 14.5. The largest absolute Gasteiger partial charge is 0.504 e. The Kier molecular flexibility index (Phi) is 18.6. The number of aliphatic hydroxyl groups is 5. The molecule has 3 saturated heterocycles. The molecule has 3 aliphatic heterocycles. The van der Waals surface area contributed by atoms with E-state index < -0.39 is 114 Å². The van der Waals surface area contributed by atoms with E-state index in [4.69, 9.17) is 42.6 Å². The van der Waals surface area contributed by atoms with Crippen molar-refractivity contribution in [2.75, 3.05) is 14.2 Å². The molecule has 27 heteroatoms. The van der Waals surface area contributed by atoms with E-state index in [0.29, 0.717) is 33.8 Å². The van der Waals surface area contributed by atoms with Crippen LogP contribution in [0.15, 0.2) is 97.1 Å². The molecule has 6 aliphatic rings. The number of benzene rings is 4. The SMILES string of the molecule is COc1ccc(/C=C/C(=O)OC2C(O)CC3(O)CC2OC3=O)cc1O.COc1ccc(/C=C/C(=O)OC2CC3(O)CC(OC3=O)C2O)cc1O.O=C(/C=C/c1ccc(O)c(O)c1)OC1CC2(O)CC(OC2=O)C1OC(=O)/C=C/c1ccc(O)c(O)c1. The second-order valence-electron chi connectivity index (χ2n) is 20.7. The van der Waals surface area contributed by atoms with E-state index in [1.54, 1.807) is 24.3 Å². The van der Waals surface area contributed by atoms with Crippen LogP contribution in [-0.4, -0.2) is 184 Å². The molecule has 3 aliphatic carbocycles. The van der Waals surface area contributed by atoms with Crippen molar-refractivity contribution in [1.29, 1.82) is 0 Å². The van der Waals surface area contributed by atoms with Crippen LogP contribution in [0, 0.1) is 0 Å². The Morgan fingerprint density at radius 1 is 0.430 bits per heavy atom. The van der Waals surface area contributed by atoms with E-state index in [9.17, 15) is 89.7 Å². The lowest BCUT2D eigenvalue weighted by Gasteiger charge is -2.35. The van der Waals surface area contributed by atoms with Gasteiger partial charge in [-0.25, -0.2) is 33.6 Å². The molecule has 0 aromatic heterocycles. The smallest absolute Gasteiger partial charge is 0.338 e. The molecule has 4 aromatic carbocycles. The minimum atomic E-state index is -1.88. The first-order valence-corrected chi connectivity index (χ1v) is 26.2. The highest BCUT2D eigenvalue weighted by Gasteiger charge is 2.61. The topological polar surface area (TPSA) is 425 Å². The van der Waals surface area contributed by atoms with Crippen molar-refractivity contribution in [2.24, 2.45) is 0 Å². The summed E-state index contributed by atoms with van der Waals surface area (Å²) in [7, 11) is 2.85. The minimum absolute atomic E-state index is 0.0119. The van der Waals surface area contributed by atoms with Gasteiger partial charge in [0, 0.05) is 62.8 Å². The maximum atomic E-state index is 12.5. The van der Waals surface area contributed by atoms with Crippen LogP contribution in [0.4, 0.5) is 0 Å². The van der Waals surface area contributed by atoms with Gasteiger partial charge in [0.15, 0.2) is 75.0 Å². The molecule has 0 spiro atoms. The van der Waals surface area contributed by atoms with Crippen molar-refractivity contribution in [3.05, 3.63) is 119 Å². The van der Waals surface area contributed by atoms with Gasteiger partial charge in [0.2, 0.25) is 0 Å². The van der Waals surface area contributed by atoms with E-state index in [2.05, 4.69) is 0 Å². The third-order valence-corrected chi connectivity index (χ3v) is 14.5. The molecule has 27 nitrogen and oxygen atoms in total. The number of methoxy groups -OCH3 is 2. The molecule has 4 aromatic rings. The zero-order chi connectivity index (χ0) is 62.4. The summed E-state index contributed by atoms with van der Waals surface area (Å²) >= 11 is 0. The fraction of sp³-hybridized carbons (Fsp3) is 0.339. The molecule has 3 saturated carbocycles. The van der Waals surface area contributed by atoms with Crippen LogP contribution < -0.4 is 9.47 Å². The fourth-order valence-corrected chi connectivity index (χ4v) is 10.1. The van der Waals surface area contributed by atoms with Gasteiger partial charge in [-0.2, -0.15) is 0 Å². The molecule has 0 radical (unpaired) electrons. The van der Waals surface area contributed by atoms with Gasteiger partial charge in [0.1, 0.15) is 36.6 Å². The second-order valence-corrected chi connectivity index (χ2v) is 20.7. The van der Waals surface area contributed by atoms with Gasteiger partial charge in [-0.3, -0.25) is 0 Å². The number of phenols is 6. The van der Waals surface area contributed by atoms with Crippen molar-refractivity contribution in [3.63, 3.8) is 0 Å². The fourth-order valence-electron chi connectivity index (χ4n) is 10.1. The van der Waals surface area contributed by atoms with Crippen LogP contribution in [0.3, 0.4) is 0 Å². The normalized spacial score (nSPS) is 28.5. The summed E-state index contributed by atoms with van der Waals surface area (Å²) in [5.41, 5.74) is -3.45. The number of fused-ring (bicyclic) bond motifs is 6. The highest BCUT2D eigenvalue weighted by atomic mass is 16.6. The number of carbonyl (C=O) groups excluding carboxylic acids is 7. The van der Waals surface area contributed by atoms with Crippen LogP contribution in [0.5, 0.6) is 46.0 Å².